The summed E-state index contributed by atoms with van der Waals surface area (Å²) in [6.45, 7) is 2.91. The number of aromatic nitrogens is 4. The number of hydrogen-bond donors (Lipinski definition) is 0. The van der Waals surface area contributed by atoms with Crippen LogP contribution in [0.25, 0.3) is 10.4 Å². The van der Waals surface area contributed by atoms with Crippen molar-refractivity contribution in [2.75, 3.05) is 7.11 Å². The average Bonchev–Trinajstić information content (AvgIpc) is 3.36. The molecule has 0 radical (unpaired) electrons. The van der Waals surface area contributed by atoms with Gasteiger partial charge in [0.15, 0.2) is 12.4 Å². The van der Waals surface area contributed by atoms with Crippen LogP contribution in [0.3, 0.4) is 0 Å². The van der Waals surface area contributed by atoms with E-state index in [0.717, 1.165) is 42.9 Å². The number of esters is 1. The largest absolute Gasteiger partial charge is 0.497 e. The molecule has 0 saturated heterocycles. The van der Waals surface area contributed by atoms with Gasteiger partial charge >= 0.3 is 5.97 Å². The monoisotopic (exact) mass is 398 g/mol. The molecule has 0 unspecified atom stereocenters. The summed E-state index contributed by atoms with van der Waals surface area (Å²) in [6, 6.07) is 8.06. The molecule has 0 atom stereocenters. The molecule has 1 aromatic carbocycles. The zero-order chi connectivity index (χ0) is 19.5. The van der Waals surface area contributed by atoms with E-state index in [-0.39, 0.29) is 12.6 Å². The Kier molecular flexibility index (Phi) is 5.38. The molecule has 28 heavy (non-hydrogen) atoms. The van der Waals surface area contributed by atoms with Gasteiger partial charge in [-0.05, 0) is 70.6 Å². The number of hydrogen-bond acceptors (Lipinski definition) is 7. The molecule has 1 aliphatic rings. The highest BCUT2D eigenvalue weighted by Crippen LogP contribution is 2.41. The van der Waals surface area contributed by atoms with Gasteiger partial charge in [-0.3, -0.25) is 0 Å². The number of unbranched alkanes of at least 4 members (excludes halogenated alkanes) is 1. The fourth-order valence-electron chi connectivity index (χ4n) is 3.35. The van der Waals surface area contributed by atoms with Gasteiger partial charge in [-0.1, -0.05) is 13.3 Å². The molecule has 0 N–H and O–H groups in total. The number of nitrogens with zero attached hydrogens (tertiary/aromatic N) is 4. The second kappa shape index (κ2) is 8.10. The molecule has 0 aliphatic heterocycles. The number of methoxy groups -OCH3 is 1. The van der Waals surface area contributed by atoms with Gasteiger partial charge in [-0.2, -0.15) is 0 Å². The molecule has 2 heterocycles. The van der Waals surface area contributed by atoms with Crippen molar-refractivity contribution in [1.82, 2.24) is 20.2 Å². The Balaban J connectivity index is 1.48. The Morgan fingerprint density at radius 1 is 1.25 bits per heavy atom. The lowest BCUT2D eigenvalue weighted by atomic mass is 9.91. The fraction of sp³-hybridized carbons (Fsp3) is 0.400. The van der Waals surface area contributed by atoms with Gasteiger partial charge in [0.1, 0.15) is 10.6 Å². The minimum absolute atomic E-state index is 0.0753. The fourth-order valence-corrected chi connectivity index (χ4v) is 4.51. The van der Waals surface area contributed by atoms with Crippen molar-refractivity contribution in [3.8, 4) is 16.2 Å². The first-order chi connectivity index (χ1) is 13.7. The van der Waals surface area contributed by atoms with E-state index in [9.17, 15) is 4.79 Å². The third-order valence-corrected chi connectivity index (χ3v) is 6.08. The number of fused-ring (bicyclic) bond motifs is 3. The van der Waals surface area contributed by atoms with Crippen LogP contribution in [0.15, 0.2) is 24.3 Å². The second-order valence-electron chi connectivity index (χ2n) is 6.74. The summed E-state index contributed by atoms with van der Waals surface area (Å²) in [6.07, 6.45) is 3.88. The van der Waals surface area contributed by atoms with Gasteiger partial charge in [0.25, 0.3) is 0 Å². The molecule has 8 heteroatoms. The van der Waals surface area contributed by atoms with Crippen LogP contribution in [0.2, 0.25) is 0 Å². The van der Waals surface area contributed by atoms with Gasteiger partial charge in [0.2, 0.25) is 0 Å². The second-order valence-corrected chi connectivity index (χ2v) is 7.79. The summed E-state index contributed by atoms with van der Waals surface area (Å²) in [5.41, 5.74) is 3.63. The smallest absolute Gasteiger partial charge is 0.348 e. The van der Waals surface area contributed by atoms with Crippen LogP contribution in [-0.4, -0.2) is 33.3 Å². The molecule has 2 aromatic heterocycles. The zero-order valence-corrected chi connectivity index (χ0v) is 16.8. The van der Waals surface area contributed by atoms with Gasteiger partial charge in [0, 0.05) is 11.4 Å². The molecule has 0 amide bonds. The number of carbonyl (C=O) groups excluding carboxylic acids is 1. The number of tetrazole rings is 1. The van der Waals surface area contributed by atoms with E-state index < -0.39 is 0 Å². The predicted octanol–water partition coefficient (Wildman–Crippen LogP) is 3.67. The van der Waals surface area contributed by atoms with E-state index >= 15 is 0 Å². The Bertz CT molecular complexity index is 995. The number of aryl methyl sites for hydroxylation is 3. The summed E-state index contributed by atoms with van der Waals surface area (Å²) >= 11 is 1.48. The standard InChI is InChI=1S/C20H22N4O3S/c1-3-4-9-24-18(21-22-23-24)12-27-20(25)17-11-14-6-5-13-10-15(26-2)7-8-16(13)19(14)28-17/h7-8,10-11H,3-6,9,12H2,1-2H3. The molecule has 4 rings (SSSR count). The molecule has 7 nitrogen and oxygen atoms in total. The van der Waals surface area contributed by atoms with Crippen LogP contribution in [-0.2, 0) is 30.7 Å². The third-order valence-electron chi connectivity index (χ3n) is 4.89. The molecule has 146 valence electrons. The topological polar surface area (TPSA) is 79.1 Å². The maximum atomic E-state index is 12.6. The minimum atomic E-state index is -0.334. The van der Waals surface area contributed by atoms with Gasteiger partial charge in [-0.25, -0.2) is 9.48 Å². The van der Waals surface area contributed by atoms with Gasteiger partial charge in [-0.15, -0.1) is 16.4 Å². The molecular formula is C20H22N4O3S. The van der Waals surface area contributed by atoms with Crippen LogP contribution in [0.1, 0.15) is 46.4 Å². The van der Waals surface area contributed by atoms with E-state index in [0.29, 0.717) is 10.7 Å². The van der Waals surface area contributed by atoms with E-state index in [1.165, 1.54) is 28.0 Å². The van der Waals surface area contributed by atoms with Crippen molar-refractivity contribution in [3.05, 3.63) is 46.1 Å². The Morgan fingerprint density at radius 2 is 2.11 bits per heavy atom. The minimum Gasteiger partial charge on any atom is -0.497 e. The molecule has 0 saturated carbocycles. The Hall–Kier alpha value is -2.74. The summed E-state index contributed by atoms with van der Waals surface area (Å²) in [7, 11) is 1.67. The molecular weight excluding hydrogens is 376 g/mol. The molecule has 0 bridgehead atoms. The summed E-state index contributed by atoms with van der Waals surface area (Å²) < 4.78 is 12.5. The molecule has 0 spiro atoms. The van der Waals surface area contributed by atoms with Crippen molar-refractivity contribution in [3.63, 3.8) is 0 Å². The van der Waals surface area contributed by atoms with Crippen molar-refractivity contribution < 1.29 is 14.3 Å². The molecule has 1 aliphatic carbocycles. The zero-order valence-electron chi connectivity index (χ0n) is 16.0. The first kappa shape index (κ1) is 18.6. The van der Waals surface area contributed by atoms with Crippen molar-refractivity contribution in [2.24, 2.45) is 0 Å². The highest BCUT2D eigenvalue weighted by Gasteiger charge is 2.23. The predicted molar refractivity (Wildman–Crippen MR) is 106 cm³/mol. The summed E-state index contributed by atoms with van der Waals surface area (Å²) in [4.78, 5) is 14.3. The first-order valence-corrected chi connectivity index (χ1v) is 10.2. The van der Waals surface area contributed by atoms with Crippen molar-refractivity contribution in [1.29, 1.82) is 0 Å². The van der Waals surface area contributed by atoms with Gasteiger partial charge in [0.05, 0.1) is 7.11 Å². The van der Waals surface area contributed by atoms with E-state index in [4.69, 9.17) is 9.47 Å². The number of ether oxygens (including phenoxy) is 2. The van der Waals surface area contributed by atoms with Crippen LogP contribution in [0, 0.1) is 0 Å². The SMILES string of the molecule is CCCCn1nnnc1COC(=O)c1cc2c(s1)-c1ccc(OC)cc1CC2. The van der Waals surface area contributed by atoms with Crippen LogP contribution < -0.4 is 4.74 Å². The van der Waals surface area contributed by atoms with Crippen molar-refractivity contribution in [2.45, 2.75) is 45.8 Å². The maximum Gasteiger partial charge on any atom is 0.348 e. The normalized spacial score (nSPS) is 12.4. The van der Waals surface area contributed by atoms with Crippen LogP contribution >= 0.6 is 11.3 Å². The Labute approximate surface area is 167 Å². The number of thiophene rings is 1. The summed E-state index contributed by atoms with van der Waals surface area (Å²) in [5, 5.41) is 11.6. The van der Waals surface area contributed by atoms with E-state index in [1.807, 2.05) is 12.1 Å². The first-order valence-electron chi connectivity index (χ1n) is 9.41. The lowest BCUT2D eigenvalue weighted by Gasteiger charge is -2.16. The van der Waals surface area contributed by atoms with E-state index in [1.54, 1.807) is 11.8 Å². The van der Waals surface area contributed by atoms with Crippen LogP contribution in [0.4, 0.5) is 0 Å². The highest BCUT2D eigenvalue weighted by molar-refractivity contribution is 7.17. The van der Waals surface area contributed by atoms with Gasteiger partial charge < -0.3 is 9.47 Å². The number of rotatable bonds is 7. The maximum absolute atomic E-state index is 12.6. The number of benzene rings is 1. The quantitative estimate of drug-likeness (QED) is 0.565. The third kappa shape index (κ3) is 3.64. The van der Waals surface area contributed by atoms with Crippen LogP contribution in [0.5, 0.6) is 5.75 Å². The number of carbonyl (C=O) groups is 1. The lowest BCUT2D eigenvalue weighted by molar-refractivity contribution is 0.0462. The lowest BCUT2D eigenvalue weighted by Crippen LogP contribution is -2.10. The summed E-state index contributed by atoms with van der Waals surface area (Å²) in [5.74, 6) is 1.10. The van der Waals surface area contributed by atoms with E-state index in [2.05, 4.69) is 34.6 Å². The molecule has 3 aromatic rings. The van der Waals surface area contributed by atoms with Crippen molar-refractivity contribution >= 4 is 17.3 Å². The molecule has 0 fully saturated rings. The average molecular weight is 398 g/mol. The highest BCUT2D eigenvalue weighted by atomic mass is 32.1. The Morgan fingerprint density at radius 3 is 2.93 bits per heavy atom.